The fourth-order valence-corrected chi connectivity index (χ4v) is 3.34. The first-order valence-corrected chi connectivity index (χ1v) is 7.13. The largest absolute Gasteiger partial charge is 0.492 e. The maximum absolute atomic E-state index is 12.2. The molecule has 0 bridgehead atoms. The van der Waals surface area contributed by atoms with Crippen molar-refractivity contribution in [3.05, 3.63) is 24.3 Å². The fraction of sp³-hybridized carbons (Fsp3) is 0.533. The first-order valence-electron chi connectivity index (χ1n) is 7.13. The van der Waals surface area contributed by atoms with Gasteiger partial charge in [0.15, 0.2) is 0 Å². The highest BCUT2D eigenvalue weighted by atomic mass is 16.7. The van der Waals surface area contributed by atoms with Gasteiger partial charge in [-0.05, 0) is 43.9 Å². The van der Waals surface area contributed by atoms with Crippen LogP contribution < -0.4 is 4.84 Å². The Balaban J connectivity index is 1.65. The molecule has 1 aromatic rings. The minimum Gasteiger partial charge on any atom is -0.492 e. The number of fused-ring (bicyclic) bond motifs is 1. The predicted octanol–water partition coefficient (Wildman–Crippen LogP) is 2.24. The molecule has 0 spiro atoms. The lowest BCUT2D eigenvalue weighted by atomic mass is 9.61. The van der Waals surface area contributed by atoms with Crippen LogP contribution in [0.3, 0.4) is 0 Å². The fourth-order valence-electron chi connectivity index (χ4n) is 3.34. The average Bonchev–Trinajstić information content (AvgIpc) is 2.69. The van der Waals surface area contributed by atoms with E-state index in [4.69, 9.17) is 4.84 Å². The molecule has 2 aliphatic carbocycles. The number of aromatic nitrogens is 1. The van der Waals surface area contributed by atoms with Crippen LogP contribution >= 0.6 is 0 Å². The lowest BCUT2D eigenvalue weighted by Gasteiger charge is -2.43. The Bertz CT molecular complexity index is 514. The molecule has 1 heterocycles. The summed E-state index contributed by atoms with van der Waals surface area (Å²) in [4.78, 5) is 17.3. The summed E-state index contributed by atoms with van der Waals surface area (Å²) < 4.78 is 0.776. The third-order valence-corrected chi connectivity index (χ3v) is 4.50. The third kappa shape index (κ3) is 2.28. The first-order chi connectivity index (χ1) is 9.66. The van der Waals surface area contributed by atoms with E-state index >= 15 is 0 Å². The van der Waals surface area contributed by atoms with Gasteiger partial charge in [0.25, 0.3) is 0 Å². The van der Waals surface area contributed by atoms with E-state index in [9.17, 15) is 15.0 Å². The van der Waals surface area contributed by atoms with E-state index < -0.39 is 0 Å². The topological polar surface area (TPSA) is 71.7 Å². The van der Waals surface area contributed by atoms with E-state index in [0.717, 1.165) is 36.8 Å². The van der Waals surface area contributed by atoms with Crippen molar-refractivity contribution in [3.63, 3.8) is 0 Å². The number of carbonyl (C=O) groups is 1. The summed E-state index contributed by atoms with van der Waals surface area (Å²) in [5.41, 5.74) is 0. The number of carbonyl (C=O) groups excluding carboxylic acids is 1. The van der Waals surface area contributed by atoms with Gasteiger partial charge in [-0.15, -0.1) is 4.73 Å². The summed E-state index contributed by atoms with van der Waals surface area (Å²) in [6, 6.07) is 2.57. The van der Waals surface area contributed by atoms with Crippen molar-refractivity contribution in [3.8, 4) is 11.8 Å². The summed E-state index contributed by atoms with van der Waals surface area (Å²) in [6.45, 7) is 0. The highest BCUT2D eigenvalue weighted by molar-refractivity contribution is 5.74. The molecule has 1 aromatic heterocycles. The van der Waals surface area contributed by atoms with Crippen LogP contribution in [0.4, 0.5) is 0 Å². The summed E-state index contributed by atoms with van der Waals surface area (Å²) in [5, 5.41) is 19.0. The van der Waals surface area contributed by atoms with E-state index in [1.807, 2.05) is 0 Å². The van der Waals surface area contributed by atoms with Gasteiger partial charge in [-0.2, -0.15) is 0 Å². The first kappa shape index (κ1) is 13.1. The van der Waals surface area contributed by atoms with Crippen LogP contribution in [0, 0.1) is 17.8 Å². The second kappa shape index (κ2) is 5.23. The predicted molar refractivity (Wildman–Crippen MR) is 72.0 cm³/mol. The van der Waals surface area contributed by atoms with Crippen molar-refractivity contribution in [2.24, 2.45) is 17.8 Å². The van der Waals surface area contributed by atoms with Crippen LogP contribution in [0.25, 0.3) is 0 Å². The number of aromatic hydroxyl groups is 2. The molecule has 5 nitrogen and oxygen atoms in total. The Morgan fingerprint density at radius 3 is 2.50 bits per heavy atom. The third-order valence-electron chi connectivity index (χ3n) is 4.50. The van der Waals surface area contributed by atoms with Crippen LogP contribution in [0.5, 0.6) is 11.8 Å². The molecule has 1 saturated carbocycles. The van der Waals surface area contributed by atoms with Gasteiger partial charge in [0.1, 0.15) is 0 Å². The minimum atomic E-state index is -0.363. The highest BCUT2D eigenvalue weighted by Crippen LogP contribution is 2.47. The Morgan fingerprint density at radius 1 is 1.15 bits per heavy atom. The molecule has 0 aliphatic heterocycles. The summed E-state index contributed by atoms with van der Waals surface area (Å²) >= 11 is 0. The van der Waals surface area contributed by atoms with E-state index in [2.05, 4.69) is 12.2 Å². The number of allylic oxidation sites excluding steroid dienone is 2. The lowest BCUT2D eigenvalue weighted by molar-refractivity contribution is -0.160. The monoisotopic (exact) mass is 277 g/mol. The Labute approximate surface area is 117 Å². The van der Waals surface area contributed by atoms with Gasteiger partial charge in [0.2, 0.25) is 11.8 Å². The van der Waals surface area contributed by atoms with Gasteiger partial charge in [-0.25, -0.2) is 4.79 Å². The molecule has 5 heteroatoms. The molecule has 3 rings (SSSR count). The zero-order valence-corrected chi connectivity index (χ0v) is 11.2. The molecule has 3 unspecified atom stereocenters. The van der Waals surface area contributed by atoms with Crippen molar-refractivity contribution < 1.29 is 19.8 Å². The molecule has 0 radical (unpaired) electrons. The van der Waals surface area contributed by atoms with Crippen molar-refractivity contribution in [2.75, 3.05) is 0 Å². The van der Waals surface area contributed by atoms with Gasteiger partial charge in [-0.1, -0.05) is 12.2 Å². The zero-order valence-electron chi connectivity index (χ0n) is 11.2. The number of rotatable bonds is 2. The molecular formula is C15H19NO4. The van der Waals surface area contributed by atoms with Crippen LogP contribution in [0.1, 0.15) is 32.1 Å². The molecule has 3 atom stereocenters. The molecule has 2 N–H and O–H groups in total. The van der Waals surface area contributed by atoms with Crippen molar-refractivity contribution in [1.82, 2.24) is 4.73 Å². The van der Waals surface area contributed by atoms with Crippen LogP contribution in [-0.4, -0.2) is 20.9 Å². The van der Waals surface area contributed by atoms with Crippen LogP contribution in [0.15, 0.2) is 24.3 Å². The van der Waals surface area contributed by atoms with Crippen molar-refractivity contribution in [2.45, 2.75) is 32.1 Å². The molecule has 1 fully saturated rings. The second-order valence-corrected chi connectivity index (χ2v) is 5.65. The van der Waals surface area contributed by atoms with Gasteiger partial charge in [0, 0.05) is 12.1 Å². The average molecular weight is 277 g/mol. The molecule has 108 valence electrons. The van der Waals surface area contributed by atoms with E-state index in [1.54, 1.807) is 0 Å². The number of hydrogen-bond donors (Lipinski definition) is 2. The van der Waals surface area contributed by atoms with Crippen LogP contribution in [0.2, 0.25) is 0 Å². The quantitative estimate of drug-likeness (QED) is 0.813. The highest BCUT2D eigenvalue weighted by Gasteiger charge is 2.45. The van der Waals surface area contributed by atoms with Gasteiger partial charge in [0.05, 0.1) is 5.92 Å². The smallest absolute Gasteiger partial charge is 0.336 e. The zero-order chi connectivity index (χ0) is 14.1. The second-order valence-electron chi connectivity index (χ2n) is 5.65. The Kier molecular flexibility index (Phi) is 3.42. The van der Waals surface area contributed by atoms with Crippen LogP contribution in [-0.2, 0) is 4.79 Å². The number of hydrogen-bond acceptors (Lipinski definition) is 4. The maximum Gasteiger partial charge on any atom is 0.336 e. The molecular weight excluding hydrogens is 258 g/mol. The Morgan fingerprint density at radius 2 is 1.80 bits per heavy atom. The summed E-state index contributed by atoms with van der Waals surface area (Å²) in [6.07, 6.45) is 9.47. The molecule has 0 saturated heterocycles. The van der Waals surface area contributed by atoms with Crippen molar-refractivity contribution >= 4 is 5.97 Å². The Hall–Kier alpha value is -1.91. The summed E-state index contributed by atoms with van der Waals surface area (Å²) in [7, 11) is 0. The minimum absolute atomic E-state index is 0.118. The van der Waals surface area contributed by atoms with Crippen molar-refractivity contribution in [1.29, 1.82) is 0 Å². The normalized spacial score (nSPS) is 28.9. The van der Waals surface area contributed by atoms with Gasteiger partial charge < -0.3 is 15.1 Å². The molecule has 0 amide bonds. The number of nitrogens with zero attached hydrogens (tertiary/aromatic N) is 1. The van der Waals surface area contributed by atoms with E-state index in [0.29, 0.717) is 11.8 Å². The molecule has 20 heavy (non-hydrogen) atoms. The molecule has 2 aliphatic rings. The summed E-state index contributed by atoms with van der Waals surface area (Å²) in [5.74, 6) is -0.0541. The van der Waals surface area contributed by atoms with E-state index in [-0.39, 0.29) is 23.6 Å². The lowest BCUT2D eigenvalue weighted by Crippen LogP contribution is -2.45. The molecule has 0 aromatic carbocycles. The SMILES string of the molecule is O=C(On1c(O)ccc1O)C1CC2CCC=CCCC21. The standard InChI is InChI=1S/C15H19NO4/c17-13-7-8-14(18)16(13)20-15(19)12-9-10-5-3-1-2-4-6-11(10)12/h1-2,7-8,10-12,17-18H,3-6,9H2. The van der Waals surface area contributed by atoms with Gasteiger partial charge >= 0.3 is 5.97 Å². The maximum atomic E-state index is 12.2. The van der Waals surface area contributed by atoms with E-state index in [1.165, 1.54) is 12.1 Å². The van der Waals surface area contributed by atoms with Gasteiger partial charge in [-0.3, -0.25) is 0 Å².